The van der Waals surface area contributed by atoms with Crippen molar-refractivity contribution in [2.24, 2.45) is 0 Å². The van der Waals surface area contributed by atoms with E-state index in [9.17, 15) is 4.79 Å². The number of benzene rings is 1. The van der Waals surface area contributed by atoms with Crippen LogP contribution in [0.2, 0.25) is 0 Å². The van der Waals surface area contributed by atoms with Crippen LogP contribution in [0.3, 0.4) is 0 Å². The van der Waals surface area contributed by atoms with Gasteiger partial charge in [0.15, 0.2) is 0 Å². The molecule has 0 saturated carbocycles. The molecule has 3 nitrogen and oxygen atoms in total. The first-order chi connectivity index (χ1) is 8.79. The molecule has 1 fully saturated rings. The molecular formula is C15H18N2O. The van der Waals surface area contributed by atoms with Crippen LogP contribution < -0.4 is 0 Å². The Kier molecular flexibility index (Phi) is 4.35. The van der Waals surface area contributed by atoms with E-state index >= 15 is 0 Å². The van der Waals surface area contributed by atoms with Gasteiger partial charge in [-0.05, 0) is 30.5 Å². The number of carbonyl (C=O) groups is 1. The van der Waals surface area contributed by atoms with E-state index in [1.807, 2.05) is 17.0 Å². The number of nitrogens with zero attached hydrogens (tertiary/aromatic N) is 2. The van der Waals surface area contributed by atoms with E-state index in [2.05, 4.69) is 6.07 Å². The van der Waals surface area contributed by atoms with Gasteiger partial charge >= 0.3 is 0 Å². The third kappa shape index (κ3) is 3.33. The highest BCUT2D eigenvalue weighted by atomic mass is 16.2. The van der Waals surface area contributed by atoms with Gasteiger partial charge < -0.3 is 4.90 Å². The summed E-state index contributed by atoms with van der Waals surface area (Å²) in [6.07, 6.45) is 5.17. The molecule has 0 bridgehead atoms. The fraction of sp³-hybridized carbons (Fsp3) is 0.467. The molecule has 1 aliphatic heterocycles. The van der Waals surface area contributed by atoms with E-state index < -0.39 is 0 Å². The Hall–Kier alpha value is -1.82. The molecule has 2 rings (SSSR count). The lowest BCUT2D eigenvalue weighted by Crippen LogP contribution is -2.33. The lowest BCUT2D eigenvalue weighted by Gasteiger charge is -2.20. The molecule has 0 N–H and O–H groups in total. The first-order valence-electron chi connectivity index (χ1n) is 6.56. The minimum atomic E-state index is 0.210. The van der Waals surface area contributed by atoms with Gasteiger partial charge in [0.05, 0.1) is 18.1 Å². The van der Waals surface area contributed by atoms with Crippen LogP contribution in [0.1, 0.15) is 36.8 Å². The zero-order chi connectivity index (χ0) is 12.8. The Balaban J connectivity index is 1.95. The lowest BCUT2D eigenvalue weighted by molar-refractivity contribution is -0.130. The van der Waals surface area contributed by atoms with Crippen molar-refractivity contribution in [3.8, 4) is 6.07 Å². The molecule has 0 spiro atoms. The molecule has 1 aromatic carbocycles. The number of nitriles is 1. The van der Waals surface area contributed by atoms with Crippen molar-refractivity contribution in [3.63, 3.8) is 0 Å². The van der Waals surface area contributed by atoms with Crippen LogP contribution in [-0.4, -0.2) is 23.9 Å². The van der Waals surface area contributed by atoms with Gasteiger partial charge in [-0.25, -0.2) is 0 Å². The Morgan fingerprint density at radius 1 is 1.11 bits per heavy atom. The first-order valence-corrected chi connectivity index (χ1v) is 6.56. The Morgan fingerprint density at radius 3 is 2.28 bits per heavy atom. The lowest BCUT2D eigenvalue weighted by atomic mass is 10.1. The summed E-state index contributed by atoms with van der Waals surface area (Å²) >= 11 is 0. The average molecular weight is 242 g/mol. The summed E-state index contributed by atoms with van der Waals surface area (Å²) in [7, 11) is 0. The minimum absolute atomic E-state index is 0.210. The number of rotatable bonds is 2. The van der Waals surface area contributed by atoms with E-state index in [1.54, 1.807) is 12.1 Å². The monoisotopic (exact) mass is 242 g/mol. The Bertz CT molecular complexity index is 437. The number of likely N-dealkylation sites (tertiary alicyclic amines) is 1. The second-order valence-corrected chi connectivity index (χ2v) is 4.78. The fourth-order valence-electron chi connectivity index (χ4n) is 2.30. The summed E-state index contributed by atoms with van der Waals surface area (Å²) < 4.78 is 0. The van der Waals surface area contributed by atoms with Crippen molar-refractivity contribution in [1.29, 1.82) is 5.26 Å². The molecule has 18 heavy (non-hydrogen) atoms. The van der Waals surface area contributed by atoms with Crippen molar-refractivity contribution in [2.45, 2.75) is 32.1 Å². The maximum atomic E-state index is 12.1. The van der Waals surface area contributed by atoms with Crippen LogP contribution in [-0.2, 0) is 11.2 Å². The molecule has 1 amide bonds. The highest BCUT2D eigenvalue weighted by Crippen LogP contribution is 2.12. The molecule has 0 aromatic heterocycles. The summed E-state index contributed by atoms with van der Waals surface area (Å²) in [5.74, 6) is 0.210. The van der Waals surface area contributed by atoms with Crippen LogP contribution in [0.25, 0.3) is 0 Å². The zero-order valence-electron chi connectivity index (χ0n) is 10.6. The largest absolute Gasteiger partial charge is 0.342 e. The van der Waals surface area contributed by atoms with Gasteiger partial charge in [0, 0.05) is 13.1 Å². The summed E-state index contributed by atoms with van der Waals surface area (Å²) in [6.45, 7) is 1.80. The predicted octanol–water partition coefficient (Wildman–Crippen LogP) is 2.50. The van der Waals surface area contributed by atoms with E-state index in [4.69, 9.17) is 5.26 Å². The number of hydrogen-bond acceptors (Lipinski definition) is 2. The molecule has 1 saturated heterocycles. The van der Waals surface area contributed by atoms with Crippen LogP contribution in [0.5, 0.6) is 0 Å². The molecule has 1 aromatic rings. The van der Waals surface area contributed by atoms with Crippen molar-refractivity contribution < 1.29 is 4.79 Å². The normalized spacial score (nSPS) is 15.8. The number of amides is 1. The van der Waals surface area contributed by atoms with Gasteiger partial charge in [0.25, 0.3) is 0 Å². The molecule has 94 valence electrons. The maximum Gasteiger partial charge on any atom is 0.226 e. The summed E-state index contributed by atoms with van der Waals surface area (Å²) in [5.41, 5.74) is 1.63. The highest BCUT2D eigenvalue weighted by Gasteiger charge is 2.15. The first kappa shape index (κ1) is 12.6. The van der Waals surface area contributed by atoms with Crippen molar-refractivity contribution in [3.05, 3.63) is 35.4 Å². The van der Waals surface area contributed by atoms with Gasteiger partial charge in [-0.1, -0.05) is 25.0 Å². The Labute approximate surface area is 108 Å². The van der Waals surface area contributed by atoms with Crippen molar-refractivity contribution in [1.82, 2.24) is 4.90 Å². The van der Waals surface area contributed by atoms with E-state index in [-0.39, 0.29) is 5.91 Å². The molecular weight excluding hydrogens is 224 g/mol. The second-order valence-electron chi connectivity index (χ2n) is 4.78. The van der Waals surface area contributed by atoms with Gasteiger partial charge in [-0.15, -0.1) is 0 Å². The predicted molar refractivity (Wildman–Crippen MR) is 69.9 cm³/mol. The van der Waals surface area contributed by atoms with E-state index in [0.29, 0.717) is 12.0 Å². The molecule has 1 heterocycles. The average Bonchev–Trinajstić information content (AvgIpc) is 2.68. The Morgan fingerprint density at radius 2 is 1.72 bits per heavy atom. The smallest absolute Gasteiger partial charge is 0.226 e. The second kappa shape index (κ2) is 6.20. The zero-order valence-corrected chi connectivity index (χ0v) is 10.6. The van der Waals surface area contributed by atoms with Crippen LogP contribution in [0, 0.1) is 11.3 Å². The number of hydrogen-bond donors (Lipinski definition) is 0. The molecule has 0 unspecified atom stereocenters. The molecule has 3 heteroatoms. The summed E-state index contributed by atoms with van der Waals surface area (Å²) in [5, 5.41) is 8.72. The SMILES string of the molecule is N#Cc1ccc(CC(=O)N2CCCCCC2)cc1. The fourth-order valence-corrected chi connectivity index (χ4v) is 2.30. The van der Waals surface area contributed by atoms with Crippen LogP contribution >= 0.6 is 0 Å². The van der Waals surface area contributed by atoms with Crippen molar-refractivity contribution in [2.75, 3.05) is 13.1 Å². The standard InChI is InChI=1S/C15H18N2O/c16-12-14-7-5-13(6-8-14)11-15(18)17-9-3-1-2-4-10-17/h5-8H,1-4,9-11H2. The molecule has 1 aliphatic rings. The van der Waals surface area contributed by atoms with E-state index in [1.165, 1.54) is 12.8 Å². The summed E-state index contributed by atoms with van der Waals surface area (Å²) in [4.78, 5) is 14.1. The molecule has 0 atom stereocenters. The van der Waals surface area contributed by atoms with Crippen LogP contribution in [0.4, 0.5) is 0 Å². The summed E-state index contributed by atoms with van der Waals surface area (Å²) in [6, 6.07) is 9.36. The van der Waals surface area contributed by atoms with Gasteiger partial charge in [-0.2, -0.15) is 5.26 Å². The quantitative estimate of drug-likeness (QED) is 0.799. The molecule has 0 radical (unpaired) electrons. The minimum Gasteiger partial charge on any atom is -0.342 e. The maximum absolute atomic E-state index is 12.1. The van der Waals surface area contributed by atoms with Crippen LogP contribution in [0.15, 0.2) is 24.3 Å². The topological polar surface area (TPSA) is 44.1 Å². The van der Waals surface area contributed by atoms with E-state index in [0.717, 1.165) is 31.5 Å². The molecule has 0 aliphatic carbocycles. The van der Waals surface area contributed by atoms with Crippen molar-refractivity contribution >= 4 is 5.91 Å². The third-order valence-corrected chi connectivity index (χ3v) is 3.40. The van der Waals surface area contributed by atoms with Gasteiger partial charge in [0.2, 0.25) is 5.91 Å². The van der Waals surface area contributed by atoms with Gasteiger partial charge in [-0.3, -0.25) is 4.79 Å². The number of carbonyl (C=O) groups excluding carboxylic acids is 1. The third-order valence-electron chi connectivity index (χ3n) is 3.40. The highest BCUT2D eigenvalue weighted by molar-refractivity contribution is 5.78. The van der Waals surface area contributed by atoms with Gasteiger partial charge in [0.1, 0.15) is 0 Å².